The average Bonchev–Trinajstić information content (AvgIpc) is 2.95. The first-order chi connectivity index (χ1) is 11.5. The van der Waals surface area contributed by atoms with Gasteiger partial charge in [-0.25, -0.2) is 14.4 Å². The molecule has 0 saturated carbocycles. The van der Waals surface area contributed by atoms with E-state index in [1.807, 2.05) is 14.0 Å². The van der Waals surface area contributed by atoms with Crippen LogP contribution in [0.2, 0.25) is 0 Å². The Morgan fingerprint density at radius 2 is 2.00 bits per heavy atom. The summed E-state index contributed by atoms with van der Waals surface area (Å²) in [5.74, 6) is 0.769. The lowest BCUT2D eigenvalue weighted by atomic mass is 9.99. The van der Waals surface area contributed by atoms with Crippen LogP contribution in [-0.4, -0.2) is 24.7 Å². The molecule has 0 bridgehead atoms. The maximum absolute atomic E-state index is 14.7. The maximum Gasteiger partial charge on any atom is 0.231 e. The summed E-state index contributed by atoms with van der Waals surface area (Å²) < 4.78 is 16.3. The molecule has 2 heterocycles. The quantitative estimate of drug-likeness (QED) is 0.740. The molecule has 1 aromatic carbocycles. The predicted molar refractivity (Wildman–Crippen MR) is 96.3 cm³/mol. The SMILES string of the molecule is Cc1c(C(C)N)ccc(-c2ncnc(Nc3ccn(C)n3)n2)c1F.Cl. The molecule has 0 radical (unpaired) electrons. The average molecular weight is 364 g/mol. The van der Waals surface area contributed by atoms with Crippen molar-refractivity contribution in [3.63, 3.8) is 0 Å². The highest BCUT2D eigenvalue weighted by atomic mass is 35.5. The van der Waals surface area contributed by atoms with Gasteiger partial charge in [-0.1, -0.05) is 6.07 Å². The molecule has 132 valence electrons. The van der Waals surface area contributed by atoms with Crippen LogP contribution in [0.15, 0.2) is 30.7 Å². The zero-order valence-corrected chi connectivity index (χ0v) is 14.9. The summed E-state index contributed by atoms with van der Waals surface area (Å²) in [5, 5.41) is 7.15. The van der Waals surface area contributed by atoms with E-state index >= 15 is 0 Å². The van der Waals surface area contributed by atoms with Crippen LogP contribution < -0.4 is 11.1 Å². The second kappa shape index (κ2) is 7.54. The molecule has 25 heavy (non-hydrogen) atoms. The molecular weight excluding hydrogens is 345 g/mol. The topological polar surface area (TPSA) is 94.5 Å². The van der Waals surface area contributed by atoms with Crippen LogP contribution in [0.1, 0.15) is 24.1 Å². The minimum Gasteiger partial charge on any atom is -0.324 e. The van der Waals surface area contributed by atoms with Crippen molar-refractivity contribution in [2.75, 3.05) is 5.32 Å². The largest absolute Gasteiger partial charge is 0.324 e. The van der Waals surface area contributed by atoms with Crippen molar-refractivity contribution in [2.24, 2.45) is 12.8 Å². The Balaban J connectivity index is 0.00000225. The zero-order chi connectivity index (χ0) is 17.3. The third kappa shape index (κ3) is 3.92. The number of aryl methyl sites for hydroxylation is 1. The second-order valence-electron chi connectivity index (χ2n) is 5.56. The fraction of sp³-hybridized carbons (Fsp3) is 0.250. The molecule has 9 heteroatoms. The van der Waals surface area contributed by atoms with Crippen molar-refractivity contribution in [3.05, 3.63) is 47.7 Å². The molecule has 3 aromatic rings. The predicted octanol–water partition coefficient (Wildman–Crippen LogP) is 2.90. The first kappa shape index (κ1) is 18.8. The Kier molecular flexibility index (Phi) is 5.66. The smallest absolute Gasteiger partial charge is 0.231 e. The summed E-state index contributed by atoms with van der Waals surface area (Å²) in [6.07, 6.45) is 3.13. The summed E-state index contributed by atoms with van der Waals surface area (Å²) in [7, 11) is 1.81. The molecule has 0 aliphatic rings. The lowest BCUT2D eigenvalue weighted by molar-refractivity contribution is 0.613. The highest BCUT2D eigenvalue weighted by molar-refractivity contribution is 5.85. The van der Waals surface area contributed by atoms with Crippen molar-refractivity contribution < 1.29 is 4.39 Å². The van der Waals surface area contributed by atoms with Crippen molar-refractivity contribution in [3.8, 4) is 11.4 Å². The summed E-state index contributed by atoms with van der Waals surface area (Å²) >= 11 is 0. The molecule has 0 fully saturated rings. The number of nitrogens with one attached hydrogen (secondary N) is 1. The van der Waals surface area contributed by atoms with Crippen LogP contribution >= 0.6 is 12.4 Å². The standard InChI is InChI=1S/C16H18FN7.ClH/c1-9-11(10(2)18)4-5-12(14(9)17)15-19-8-20-16(22-15)21-13-6-7-24(3)23-13;/h4-8,10H,18H2,1-3H3,(H,19,20,21,22,23);1H. The normalized spacial score (nSPS) is 11.7. The van der Waals surface area contributed by atoms with Crippen molar-refractivity contribution in [2.45, 2.75) is 19.9 Å². The van der Waals surface area contributed by atoms with Gasteiger partial charge in [-0.15, -0.1) is 12.4 Å². The fourth-order valence-corrected chi connectivity index (χ4v) is 2.45. The van der Waals surface area contributed by atoms with E-state index in [2.05, 4.69) is 25.4 Å². The Morgan fingerprint density at radius 1 is 1.24 bits per heavy atom. The van der Waals surface area contributed by atoms with Gasteiger partial charge >= 0.3 is 0 Å². The Hall–Kier alpha value is -2.58. The van der Waals surface area contributed by atoms with Crippen LogP contribution in [0, 0.1) is 12.7 Å². The van der Waals surface area contributed by atoms with Gasteiger partial charge in [0.25, 0.3) is 0 Å². The summed E-state index contributed by atoms with van der Waals surface area (Å²) in [6, 6.07) is 4.98. The number of aromatic nitrogens is 5. The lowest BCUT2D eigenvalue weighted by Crippen LogP contribution is -2.09. The van der Waals surface area contributed by atoms with Gasteiger partial charge in [0.1, 0.15) is 12.1 Å². The molecule has 1 atom stereocenters. The number of rotatable bonds is 4. The molecule has 0 spiro atoms. The van der Waals surface area contributed by atoms with Gasteiger partial charge in [-0.05, 0) is 31.0 Å². The Bertz CT molecular complexity index is 879. The molecule has 2 aromatic heterocycles. The van der Waals surface area contributed by atoms with Gasteiger partial charge in [-0.2, -0.15) is 10.1 Å². The van der Waals surface area contributed by atoms with E-state index in [0.717, 1.165) is 5.56 Å². The number of hydrogen-bond donors (Lipinski definition) is 2. The van der Waals surface area contributed by atoms with Crippen LogP contribution in [0.25, 0.3) is 11.4 Å². The van der Waals surface area contributed by atoms with E-state index in [1.165, 1.54) is 6.33 Å². The molecule has 0 amide bonds. The van der Waals surface area contributed by atoms with Crippen molar-refractivity contribution >= 4 is 24.2 Å². The third-order valence-corrected chi connectivity index (χ3v) is 3.69. The minimum absolute atomic E-state index is 0. The van der Waals surface area contributed by atoms with Crippen LogP contribution in [-0.2, 0) is 7.05 Å². The van der Waals surface area contributed by atoms with Gasteiger partial charge in [0.2, 0.25) is 5.95 Å². The molecular formula is C16H19ClFN7. The molecule has 0 aliphatic carbocycles. The molecule has 0 aliphatic heterocycles. The maximum atomic E-state index is 14.7. The number of nitrogens with two attached hydrogens (primary N) is 1. The molecule has 7 nitrogen and oxygen atoms in total. The Labute approximate surface area is 150 Å². The molecule has 3 rings (SSSR count). The van der Waals surface area contributed by atoms with Gasteiger partial charge in [-0.3, -0.25) is 4.68 Å². The van der Waals surface area contributed by atoms with Crippen molar-refractivity contribution in [1.82, 2.24) is 24.7 Å². The van der Waals surface area contributed by atoms with Crippen LogP contribution in [0.5, 0.6) is 0 Å². The lowest BCUT2D eigenvalue weighted by Gasteiger charge is -2.13. The highest BCUT2D eigenvalue weighted by Crippen LogP contribution is 2.27. The van der Waals surface area contributed by atoms with Gasteiger partial charge in [0, 0.05) is 25.4 Å². The Morgan fingerprint density at radius 3 is 2.64 bits per heavy atom. The van der Waals surface area contributed by atoms with E-state index in [9.17, 15) is 4.39 Å². The van der Waals surface area contributed by atoms with Crippen LogP contribution in [0.3, 0.4) is 0 Å². The zero-order valence-electron chi connectivity index (χ0n) is 14.1. The van der Waals surface area contributed by atoms with Crippen LogP contribution in [0.4, 0.5) is 16.2 Å². The van der Waals surface area contributed by atoms with E-state index in [4.69, 9.17) is 5.73 Å². The second-order valence-corrected chi connectivity index (χ2v) is 5.56. The monoisotopic (exact) mass is 363 g/mol. The summed E-state index contributed by atoms with van der Waals surface area (Å²) in [4.78, 5) is 12.4. The van der Waals surface area contributed by atoms with E-state index in [0.29, 0.717) is 22.9 Å². The highest BCUT2D eigenvalue weighted by Gasteiger charge is 2.16. The van der Waals surface area contributed by atoms with Crippen molar-refractivity contribution in [1.29, 1.82) is 0 Å². The van der Waals surface area contributed by atoms with Gasteiger partial charge in [0.05, 0.1) is 5.56 Å². The summed E-state index contributed by atoms with van der Waals surface area (Å²) in [5.41, 5.74) is 7.43. The molecule has 3 N–H and O–H groups in total. The van der Waals surface area contributed by atoms with Gasteiger partial charge in [0.15, 0.2) is 11.6 Å². The molecule has 1 unspecified atom stereocenters. The summed E-state index contributed by atoms with van der Waals surface area (Å²) in [6.45, 7) is 3.52. The van der Waals surface area contributed by atoms with E-state index < -0.39 is 0 Å². The van der Waals surface area contributed by atoms with E-state index in [1.54, 1.807) is 36.0 Å². The fourth-order valence-electron chi connectivity index (χ4n) is 2.45. The number of benzene rings is 1. The molecule has 0 saturated heterocycles. The first-order valence-corrected chi connectivity index (χ1v) is 7.46. The first-order valence-electron chi connectivity index (χ1n) is 7.46. The van der Waals surface area contributed by atoms with Gasteiger partial charge < -0.3 is 11.1 Å². The number of halogens is 2. The number of nitrogens with zero attached hydrogens (tertiary/aromatic N) is 5. The number of anilines is 2. The minimum atomic E-state index is -0.375. The number of hydrogen-bond acceptors (Lipinski definition) is 6. The third-order valence-electron chi connectivity index (χ3n) is 3.69. The van der Waals surface area contributed by atoms with E-state index in [-0.39, 0.29) is 30.1 Å².